The summed E-state index contributed by atoms with van der Waals surface area (Å²) in [6, 6.07) is 28.7. The molecule has 4 rings (SSSR count). The normalized spacial score (nSPS) is 15.6. The third-order valence-electron chi connectivity index (χ3n) is 5.50. The van der Waals surface area contributed by atoms with Gasteiger partial charge in [-0.15, -0.1) is 0 Å². The average molecular weight is 391 g/mol. The zero-order chi connectivity index (χ0) is 17.1. The number of benzene rings is 3. The van der Waals surface area contributed by atoms with E-state index >= 15 is 0 Å². The monoisotopic (exact) mass is 390 g/mol. The third kappa shape index (κ3) is 3.43. The first-order chi connectivity index (χ1) is 12.3. The molecule has 3 aromatic rings. The molecule has 1 aliphatic carbocycles. The van der Waals surface area contributed by atoms with E-state index in [-0.39, 0.29) is 5.41 Å². The molecule has 0 atom stereocenters. The number of hydrogen-bond acceptors (Lipinski definition) is 0. The van der Waals surface area contributed by atoms with Crippen molar-refractivity contribution in [1.82, 2.24) is 0 Å². The van der Waals surface area contributed by atoms with Crippen LogP contribution in [0, 0.1) is 0 Å². The van der Waals surface area contributed by atoms with Crippen molar-refractivity contribution in [3.63, 3.8) is 0 Å². The minimum absolute atomic E-state index is 0.163. The number of fused-ring (bicyclic) bond motifs is 1. The first-order valence-electron chi connectivity index (χ1n) is 9.13. The minimum atomic E-state index is 0.163. The fourth-order valence-corrected chi connectivity index (χ4v) is 5.33. The van der Waals surface area contributed by atoms with E-state index in [2.05, 4.69) is 94.8 Å². The summed E-state index contributed by atoms with van der Waals surface area (Å²) in [5.41, 5.74) is 6.08. The lowest BCUT2D eigenvalue weighted by atomic mass is 9.64. The second-order valence-electron chi connectivity index (χ2n) is 7.23. The Bertz CT molecular complexity index is 795. The Balaban J connectivity index is 1.83. The molecule has 3 aromatic carbocycles. The Morgan fingerprint density at radius 3 is 1.92 bits per heavy atom. The van der Waals surface area contributed by atoms with Crippen molar-refractivity contribution in [2.75, 3.05) is 0 Å². The Morgan fingerprint density at radius 1 is 0.720 bits per heavy atom. The number of aryl methyl sites for hydroxylation is 1. The number of halogens is 1. The molecular formula is C24H23Br. The molecule has 25 heavy (non-hydrogen) atoms. The van der Waals surface area contributed by atoms with Gasteiger partial charge in [0.1, 0.15) is 0 Å². The summed E-state index contributed by atoms with van der Waals surface area (Å²) >= 11 is 3.88. The Kier molecular flexibility index (Phi) is 4.76. The van der Waals surface area contributed by atoms with Gasteiger partial charge >= 0.3 is 0 Å². The number of rotatable bonds is 4. The Labute approximate surface area is 159 Å². The summed E-state index contributed by atoms with van der Waals surface area (Å²) in [6.07, 6.45) is 5.90. The standard InChI is InChI=1S/C24H23Br/c25-22-15-7-13-21-14-8-16-24(23(21)22,17-19-9-3-1-4-10-19)18-20-11-5-2-6-12-20/h1-7,9-13,15H,8,14,16-18H2. The molecule has 0 aromatic heterocycles. The van der Waals surface area contributed by atoms with Crippen LogP contribution in [0.5, 0.6) is 0 Å². The Hall–Kier alpha value is -1.86. The van der Waals surface area contributed by atoms with Crippen molar-refractivity contribution >= 4 is 15.9 Å². The van der Waals surface area contributed by atoms with Crippen LogP contribution >= 0.6 is 15.9 Å². The van der Waals surface area contributed by atoms with Crippen LogP contribution in [-0.2, 0) is 24.7 Å². The molecule has 0 heterocycles. The molecule has 0 bridgehead atoms. The first kappa shape index (κ1) is 16.6. The molecule has 0 unspecified atom stereocenters. The van der Waals surface area contributed by atoms with Crippen LogP contribution in [0.1, 0.15) is 35.1 Å². The van der Waals surface area contributed by atoms with E-state index < -0.39 is 0 Å². The molecule has 0 fully saturated rings. The van der Waals surface area contributed by atoms with Crippen molar-refractivity contribution in [3.05, 3.63) is 106 Å². The van der Waals surface area contributed by atoms with Gasteiger partial charge in [-0.1, -0.05) is 88.7 Å². The van der Waals surface area contributed by atoms with Gasteiger partial charge in [0.05, 0.1) is 0 Å². The molecule has 0 nitrogen and oxygen atoms in total. The quantitative estimate of drug-likeness (QED) is 0.476. The van der Waals surface area contributed by atoms with E-state index in [4.69, 9.17) is 0 Å². The molecule has 126 valence electrons. The first-order valence-corrected chi connectivity index (χ1v) is 9.92. The van der Waals surface area contributed by atoms with E-state index in [0.29, 0.717) is 0 Å². The van der Waals surface area contributed by atoms with Gasteiger partial charge in [0.25, 0.3) is 0 Å². The molecular weight excluding hydrogens is 368 g/mol. The van der Waals surface area contributed by atoms with Crippen molar-refractivity contribution < 1.29 is 0 Å². The SMILES string of the molecule is Brc1cccc2c1C(Cc1ccccc1)(Cc1ccccc1)CCC2. The second-order valence-corrected chi connectivity index (χ2v) is 8.09. The van der Waals surface area contributed by atoms with Gasteiger partial charge in [-0.3, -0.25) is 0 Å². The van der Waals surface area contributed by atoms with E-state index in [0.717, 1.165) is 12.8 Å². The maximum Gasteiger partial charge on any atom is 0.0215 e. The zero-order valence-corrected chi connectivity index (χ0v) is 16.0. The molecule has 0 spiro atoms. The van der Waals surface area contributed by atoms with Gasteiger partial charge in [-0.05, 0) is 60.4 Å². The topological polar surface area (TPSA) is 0 Å². The van der Waals surface area contributed by atoms with Crippen molar-refractivity contribution in [3.8, 4) is 0 Å². The predicted octanol–water partition coefficient (Wildman–Crippen LogP) is 6.51. The highest BCUT2D eigenvalue weighted by molar-refractivity contribution is 9.10. The highest BCUT2D eigenvalue weighted by Crippen LogP contribution is 2.45. The molecule has 1 aliphatic rings. The minimum Gasteiger partial charge on any atom is -0.0622 e. The van der Waals surface area contributed by atoms with E-state index in [1.165, 1.54) is 46.0 Å². The largest absolute Gasteiger partial charge is 0.0622 e. The summed E-state index contributed by atoms with van der Waals surface area (Å²) in [7, 11) is 0. The third-order valence-corrected chi connectivity index (χ3v) is 6.16. The Morgan fingerprint density at radius 2 is 1.32 bits per heavy atom. The van der Waals surface area contributed by atoms with Gasteiger partial charge in [-0.2, -0.15) is 0 Å². The van der Waals surface area contributed by atoms with Crippen molar-refractivity contribution in [2.45, 2.75) is 37.5 Å². The van der Waals surface area contributed by atoms with Gasteiger partial charge < -0.3 is 0 Å². The van der Waals surface area contributed by atoms with Crippen molar-refractivity contribution in [2.24, 2.45) is 0 Å². The maximum absolute atomic E-state index is 3.88. The predicted molar refractivity (Wildman–Crippen MR) is 109 cm³/mol. The second kappa shape index (κ2) is 7.17. The molecule has 0 aliphatic heterocycles. The van der Waals surface area contributed by atoms with Crippen LogP contribution in [0.3, 0.4) is 0 Å². The highest BCUT2D eigenvalue weighted by atomic mass is 79.9. The van der Waals surface area contributed by atoms with E-state index in [1.807, 2.05) is 0 Å². The fraction of sp³-hybridized carbons (Fsp3) is 0.250. The molecule has 0 saturated heterocycles. The number of hydrogen-bond donors (Lipinski definition) is 0. The molecule has 0 amide bonds. The zero-order valence-electron chi connectivity index (χ0n) is 14.4. The van der Waals surface area contributed by atoms with E-state index in [1.54, 1.807) is 0 Å². The van der Waals surface area contributed by atoms with Gasteiger partial charge in [0.2, 0.25) is 0 Å². The summed E-state index contributed by atoms with van der Waals surface area (Å²) in [5.74, 6) is 0. The summed E-state index contributed by atoms with van der Waals surface area (Å²) in [6.45, 7) is 0. The van der Waals surface area contributed by atoms with Crippen LogP contribution in [0.2, 0.25) is 0 Å². The van der Waals surface area contributed by atoms with Crippen LogP contribution in [-0.4, -0.2) is 0 Å². The molecule has 0 N–H and O–H groups in total. The lowest BCUT2D eigenvalue weighted by molar-refractivity contribution is 0.351. The molecule has 1 heteroatoms. The lowest BCUT2D eigenvalue weighted by Crippen LogP contribution is -2.36. The summed E-state index contributed by atoms with van der Waals surface area (Å²) in [5, 5.41) is 0. The lowest BCUT2D eigenvalue weighted by Gasteiger charge is -2.41. The summed E-state index contributed by atoms with van der Waals surface area (Å²) in [4.78, 5) is 0. The highest BCUT2D eigenvalue weighted by Gasteiger charge is 2.38. The van der Waals surface area contributed by atoms with Gasteiger partial charge in [0.15, 0.2) is 0 Å². The van der Waals surface area contributed by atoms with Crippen LogP contribution in [0.25, 0.3) is 0 Å². The maximum atomic E-state index is 3.88. The van der Waals surface area contributed by atoms with Gasteiger partial charge in [-0.25, -0.2) is 0 Å². The van der Waals surface area contributed by atoms with Crippen LogP contribution < -0.4 is 0 Å². The molecule has 0 radical (unpaired) electrons. The summed E-state index contributed by atoms with van der Waals surface area (Å²) < 4.78 is 1.27. The molecule has 0 saturated carbocycles. The van der Waals surface area contributed by atoms with Crippen LogP contribution in [0.15, 0.2) is 83.3 Å². The fourth-order valence-electron chi connectivity index (χ4n) is 4.50. The average Bonchev–Trinajstić information content (AvgIpc) is 2.63. The smallest absolute Gasteiger partial charge is 0.0215 e. The van der Waals surface area contributed by atoms with Gasteiger partial charge in [0, 0.05) is 9.89 Å². The van der Waals surface area contributed by atoms with Crippen LogP contribution in [0.4, 0.5) is 0 Å². The van der Waals surface area contributed by atoms with Crippen molar-refractivity contribution in [1.29, 1.82) is 0 Å². The van der Waals surface area contributed by atoms with E-state index in [9.17, 15) is 0 Å².